The minimum atomic E-state index is 0.134. The number of fused-ring (bicyclic) bond motifs is 1. The zero-order valence-electron chi connectivity index (χ0n) is 13.5. The third kappa shape index (κ3) is 3.85. The Hall–Kier alpha value is -1.35. The smallest absolute Gasteiger partial charge is 0.224 e. The zero-order chi connectivity index (χ0) is 15.2. The fraction of sp³-hybridized carbons (Fsp3) is 0.611. The minimum Gasteiger partial charge on any atom is -0.326 e. The van der Waals surface area contributed by atoms with Gasteiger partial charge in [0.25, 0.3) is 0 Å². The number of nitrogens with one attached hydrogen (secondary N) is 2. The molecule has 2 unspecified atom stereocenters. The van der Waals surface area contributed by atoms with Crippen LogP contribution < -0.4 is 10.6 Å². The number of benzene rings is 1. The lowest BCUT2D eigenvalue weighted by molar-refractivity contribution is -0.116. The summed E-state index contributed by atoms with van der Waals surface area (Å²) in [5, 5.41) is 6.47. The molecular weight excluding hydrogens is 260 g/mol. The highest BCUT2D eigenvalue weighted by atomic mass is 16.1. The summed E-state index contributed by atoms with van der Waals surface area (Å²) in [6.45, 7) is 4.53. The highest BCUT2D eigenvalue weighted by Crippen LogP contribution is 2.32. The van der Waals surface area contributed by atoms with Crippen LogP contribution in [0.1, 0.15) is 63.1 Å². The molecule has 0 saturated carbocycles. The second-order valence-corrected chi connectivity index (χ2v) is 6.04. The van der Waals surface area contributed by atoms with Gasteiger partial charge in [0, 0.05) is 18.2 Å². The van der Waals surface area contributed by atoms with Crippen molar-refractivity contribution in [2.75, 3.05) is 12.4 Å². The first-order valence-electron chi connectivity index (χ1n) is 8.29. The Morgan fingerprint density at radius 1 is 1.29 bits per heavy atom. The van der Waals surface area contributed by atoms with Gasteiger partial charge in [0.05, 0.1) is 0 Å². The molecule has 2 N–H and O–H groups in total. The molecule has 1 aromatic carbocycles. The van der Waals surface area contributed by atoms with Crippen LogP contribution in [0.2, 0.25) is 0 Å². The van der Waals surface area contributed by atoms with Crippen LogP contribution in [0.3, 0.4) is 0 Å². The van der Waals surface area contributed by atoms with Crippen molar-refractivity contribution in [3.05, 3.63) is 29.3 Å². The van der Waals surface area contributed by atoms with E-state index < -0.39 is 0 Å². The molecule has 1 aliphatic rings. The van der Waals surface area contributed by atoms with Crippen LogP contribution in [-0.2, 0) is 11.2 Å². The van der Waals surface area contributed by atoms with Crippen LogP contribution in [-0.4, -0.2) is 13.0 Å². The Morgan fingerprint density at radius 2 is 2.10 bits per heavy atom. The van der Waals surface area contributed by atoms with Gasteiger partial charge in [-0.05, 0) is 43.0 Å². The van der Waals surface area contributed by atoms with Gasteiger partial charge in [-0.1, -0.05) is 45.2 Å². The van der Waals surface area contributed by atoms with Gasteiger partial charge >= 0.3 is 0 Å². The summed E-state index contributed by atoms with van der Waals surface area (Å²) in [4.78, 5) is 11.5. The molecule has 0 radical (unpaired) electrons. The largest absolute Gasteiger partial charge is 0.326 e. The van der Waals surface area contributed by atoms with Crippen LogP contribution in [0.5, 0.6) is 0 Å². The average molecular weight is 288 g/mol. The van der Waals surface area contributed by atoms with E-state index in [0.717, 1.165) is 12.1 Å². The Morgan fingerprint density at radius 3 is 2.76 bits per heavy atom. The molecule has 21 heavy (non-hydrogen) atoms. The summed E-state index contributed by atoms with van der Waals surface area (Å²) in [6.07, 6.45) is 6.47. The standard InChI is InChI=1S/C18H28N2O/c1-4-6-7-13(5-2)18(19-3)15-8-10-16-14(12-15)9-11-17(21)20-16/h8,10,12-13,18-19H,4-7,9,11H2,1-3H3,(H,20,21). The van der Waals surface area contributed by atoms with Crippen molar-refractivity contribution >= 4 is 11.6 Å². The molecule has 3 heteroatoms. The van der Waals surface area contributed by atoms with Crippen molar-refractivity contribution in [2.24, 2.45) is 5.92 Å². The minimum absolute atomic E-state index is 0.134. The topological polar surface area (TPSA) is 41.1 Å². The average Bonchev–Trinajstić information content (AvgIpc) is 2.51. The van der Waals surface area contributed by atoms with Crippen molar-refractivity contribution in [1.82, 2.24) is 5.32 Å². The van der Waals surface area contributed by atoms with Crippen molar-refractivity contribution in [1.29, 1.82) is 0 Å². The summed E-state index contributed by atoms with van der Waals surface area (Å²) in [5.74, 6) is 0.806. The number of carbonyl (C=O) groups excluding carboxylic acids is 1. The molecule has 0 bridgehead atoms. The van der Waals surface area contributed by atoms with E-state index in [2.05, 4.69) is 49.7 Å². The van der Waals surface area contributed by atoms with Gasteiger partial charge < -0.3 is 10.6 Å². The van der Waals surface area contributed by atoms with Crippen molar-refractivity contribution < 1.29 is 4.79 Å². The van der Waals surface area contributed by atoms with E-state index >= 15 is 0 Å². The molecule has 1 amide bonds. The molecular formula is C18H28N2O. The predicted molar refractivity (Wildman–Crippen MR) is 88.5 cm³/mol. The second kappa shape index (κ2) is 7.60. The molecule has 1 heterocycles. The Labute approximate surface area is 128 Å². The molecule has 116 valence electrons. The van der Waals surface area contributed by atoms with Crippen LogP contribution in [0.4, 0.5) is 5.69 Å². The van der Waals surface area contributed by atoms with E-state index in [4.69, 9.17) is 0 Å². The zero-order valence-corrected chi connectivity index (χ0v) is 13.5. The van der Waals surface area contributed by atoms with Crippen LogP contribution in [0, 0.1) is 5.92 Å². The van der Waals surface area contributed by atoms with Crippen molar-refractivity contribution in [3.8, 4) is 0 Å². The monoisotopic (exact) mass is 288 g/mol. The second-order valence-electron chi connectivity index (χ2n) is 6.04. The van der Waals surface area contributed by atoms with E-state index in [0.29, 0.717) is 18.4 Å². The first-order valence-corrected chi connectivity index (χ1v) is 8.29. The Bertz CT molecular complexity index is 484. The van der Waals surface area contributed by atoms with E-state index in [1.165, 1.54) is 36.8 Å². The van der Waals surface area contributed by atoms with Gasteiger partial charge in [-0.15, -0.1) is 0 Å². The van der Waals surface area contributed by atoms with Crippen LogP contribution in [0.15, 0.2) is 18.2 Å². The lowest BCUT2D eigenvalue weighted by Gasteiger charge is -2.28. The van der Waals surface area contributed by atoms with Gasteiger partial charge in [-0.3, -0.25) is 4.79 Å². The van der Waals surface area contributed by atoms with Crippen molar-refractivity contribution in [2.45, 2.75) is 58.4 Å². The SMILES string of the molecule is CCCCC(CC)C(NC)c1ccc2c(c1)CCC(=O)N2. The molecule has 0 fully saturated rings. The molecule has 1 aliphatic heterocycles. The summed E-state index contributed by atoms with van der Waals surface area (Å²) >= 11 is 0. The normalized spacial score (nSPS) is 17.0. The highest BCUT2D eigenvalue weighted by molar-refractivity contribution is 5.93. The first-order chi connectivity index (χ1) is 10.2. The number of rotatable bonds is 7. The maximum atomic E-state index is 11.5. The number of hydrogen-bond donors (Lipinski definition) is 2. The van der Waals surface area contributed by atoms with Gasteiger partial charge in [-0.2, -0.15) is 0 Å². The number of aryl methyl sites for hydroxylation is 1. The van der Waals surface area contributed by atoms with Crippen LogP contribution >= 0.6 is 0 Å². The van der Waals surface area contributed by atoms with E-state index in [-0.39, 0.29) is 5.91 Å². The van der Waals surface area contributed by atoms with Crippen molar-refractivity contribution in [3.63, 3.8) is 0 Å². The summed E-state index contributed by atoms with van der Waals surface area (Å²) in [6, 6.07) is 6.92. The summed E-state index contributed by atoms with van der Waals surface area (Å²) in [5.41, 5.74) is 3.62. The first kappa shape index (κ1) is 16.0. The number of unbranched alkanes of at least 4 members (excludes halogenated alkanes) is 1. The number of hydrogen-bond acceptors (Lipinski definition) is 2. The molecule has 1 aromatic rings. The molecule has 3 nitrogen and oxygen atoms in total. The quantitative estimate of drug-likeness (QED) is 0.794. The van der Waals surface area contributed by atoms with E-state index in [9.17, 15) is 4.79 Å². The predicted octanol–water partition coefficient (Wildman–Crippen LogP) is 4.05. The molecule has 0 aliphatic carbocycles. The lowest BCUT2D eigenvalue weighted by atomic mass is 9.85. The van der Waals surface area contributed by atoms with Gasteiger partial charge in [0.2, 0.25) is 5.91 Å². The maximum absolute atomic E-state index is 11.5. The number of amides is 1. The third-order valence-corrected chi connectivity index (χ3v) is 4.62. The number of carbonyl (C=O) groups is 1. The van der Waals surface area contributed by atoms with E-state index in [1.54, 1.807) is 0 Å². The van der Waals surface area contributed by atoms with Gasteiger partial charge in [0.15, 0.2) is 0 Å². The fourth-order valence-electron chi connectivity index (χ4n) is 3.34. The van der Waals surface area contributed by atoms with Gasteiger partial charge in [-0.25, -0.2) is 0 Å². The lowest BCUT2D eigenvalue weighted by Crippen LogP contribution is -2.26. The molecule has 2 atom stereocenters. The van der Waals surface area contributed by atoms with Crippen LogP contribution in [0.25, 0.3) is 0 Å². The number of anilines is 1. The Kier molecular flexibility index (Phi) is 5.80. The molecule has 2 rings (SSSR count). The molecule has 0 spiro atoms. The Balaban J connectivity index is 2.19. The highest BCUT2D eigenvalue weighted by Gasteiger charge is 2.22. The third-order valence-electron chi connectivity index (χ3n) is 4.62. The van der Waals surface area contributed by atoms with E-state index in [1.807, 2.05) is 0 Å². The maximum Gasteiger partial charge on any atom is 0.224 e. The fourth-order valence-corrected chi connectivity index (χ4v) is 3.34. The summed E-state index contributed by atoms with van der Waals surface area (Å²) in [7, 11) is 2.06. The molecule has 0 aromatic heterocycles. The summed E-state index contributed by atoms with van der Waals surface area (Å²) < 4.78 is 0. The molecule has 0 saturated heterocycles. The van der Waals surface area contributed by atoms with Gasteiger partial charge in [0.1, 0.15) is 0 Å².